The molecule has 8 heteroatoms. The van der Waals surface area contributed by atoms with Crippen molar-refractivity contribution in [3.63, 3.8) is 0 Å². The van der Waals surface area contributed by atoms with E-state index in [-0.39, 0.29) is 22.6 Å². The molecule has 2 aromatic rings. The molecule has 0 unspecified atom stereocenters. The number of carboxylic acid groups (broad SMARTS) is 1. The van der Waals surface area contributed by atoms with Gasteiger partial charge in [-0.15, -0.1) is 11.3 Å². The number of amides is 1. The summed E-state index contributed by atoms with van der Waals surface area (Å²) in [7, 11) is 0. The Bertz CT molecular complexity index is 730. The third kappa shape index (κ3) is 4.67. The van der Waals surface area contributed by atoms with Crippen molar-refractivity contribution < 1.29 is 19.4 Å². The highest BCUT2D eigenvalue weighted by Crippen LogP contribution is 2.28. The van der Waals surface area contributed by atoms with Crippen LogP contribution in [-0.4, -0.2) is 28.6 Å². The van der Waals surface area contributed by atoms with Crippen LogP contribution >= 0.6 is 22.9 Å². The second kappa shape index (κ2) is 7.43. The Morgan fingerprint density at radius 3 is 2.74 bits per heavy atom. The largest absolute Gasteiger partial charge is 0.480 e. The van der Waals surface area contributed by atoms with Crippen molar-refractivity contribution in [1.29, 1.82) is 0 Å². The minimum absolute atomic E-state index is 0.213. The lowest BCUT2D eigenvalue weighted by atomic mass is 10.2. The summed E-state index contributed by atoms with van der Waals surface area (Å²) in [5.41, 5.74) is 0.822. The van der Waals surface area contributed by atoms with Crippen molar-refractivity contribution >= 4 is 40.5 Å². The molecular weight excluding hydrogens is 340 g/mol. The second-order valence-corrected chi connectivity index (χ2v) is 6.30. The Hall–Kier alpha value is -2.12. The minimum Gasteiger partial charge on any atom is -0.480 e. The normalized spacial score (nSPS) is 10.6. The molecule has 0 fully saturated rings. The molecule has 2 rings (SSSR count). The molecule has 0 aliphatic carbocycles. The number of carbonyl (C=O) groups excluding carboxylic acids is 1. The zero-order chi connectivity index (χ0) is 17.0. The fourth-order valence-corrected chi connectivity index (χ4v) is 2.74. The zero-order valence-electron chi connectivity index (χ0n) is 12.5. The van der Waals surface area contributed by atoms with Gasteiger partial charge in [-0.2, -0.15) is 0 Å². The Kier molecular flexibility index (Phi) is 5.57. The molecule has 0 radical (unpaired) electrons. The van der Waals surface area contributed by atoms with Crippen LogP contribution in [0.2, 0.25) is 5.02 Å². The maximum atomic E-state index is 12.1. The molecule has 1 aromatic carbocycles. The molecule has 0 aliphatic heterocycles. The molecule has 1 aromatic heterocycles. The number of aromatic nitrogens is 1. The Labute approximate surface area is 142 Å². The van der Waals surface area contributed by atoms with Crippen LogP contribution in [0.15, 0.2) is 23.6 Å². The first-order valence-electron chi connectivity index (χ1n) is 6.77. The molecular formula is C15H15ClN2O4S. The first kappa shape index (κ1) is 17.2. The first-order valence-corrected chi connectivity index (χ1v) is 8.03. The zero-order valence-corrected chi connectivity index (χ0v) is 14.1. The number of ether oxygens (including phenoxy) is 1. The molecule has 23 heavy (non-hydrogen) atoms. The fourth-order valence-electron chi connectivity index (χ4n) is 1.69. The molecule has 0 saturated carbocycles. The Balaban J connectivity index is 2.05. The van der Waals surface area contributed by atoms with E-state index in [0.29, 0.717) is 11.4 Å². The van der Waals surface area contributed by atoms with Crippen LogP contribution in [0.1, 0.15) is 35.3 Å². The number of hydrogen-bond donors (Lipinski definition) is 2. The summed E-state index contributed by atoms with van der Waals surface area (Å²) in [5.74, 6) is -0.921. The fraction of sp³-hybridized carbons (Fsp3) is 0.267. The number of benzene rings is 1. The van der Waals surface area contributed by atoms with Gasteiger partial charge in [0.25, 0.3) is 5.91 Å². The van der Waals surface area contributed by atoms with Gasteiger partial charge in [-0.3, -0.25) is 4.79 Å². The number of thiazole rings is 1. The molecule has 1 amide bonds. The highest BCUT2D eigenvalue weighted by atomic mass is 35.5. The highest BCUT2D eigenvalue weighted by molar-refractivity contribution is 7.09. The molecule has 0 aliphatic rings. The summed E-state index contributed by atoms with van der Waals surface area (Å²) in [4.78, 5) is 26.9. The summed E-state index contributed by atoms with van der Waals surface area (Å²) in [6.45, 7) is 3.54. The van der Waals surface area contributed by atoms with Crippen LogP contribution in [0, 0.1) is 0 Å². The third-order valence-corrected chi connectivity index (χ3v) is 4.23. The summed E-state index contributed by atoms with van der Waals surface area (Å²) in [5, 5.41) is 14.1. The molecule has 1 heterocycles. The number of nitrogens with zero attached hydrogens (tertiary/aromatic N) is 1. The van der Waals surface area contributed by atoms with Crippen molar-refractivity contribution in [3.8, 4) is 5.75 Å². The lowest BCUT2D eigenvalue weighted by Crippen LogP contribution is -2.13. The van der Waals surface area contributed by atoms with Gasteiger partial charge in [-0.1, -0.05) is 25.4 Å². The van der Waals surface area contributed by atoms with Gasteiger partial charge in [0.15, 0.2) is 6.61 Å². The van der Waals surface area contributed by atoms with Gasteiger partial charge in [-0.05, 0) is 18.2 Å². The van der Waals surface area contributed by atoms with Crippen LogP contribution in [0.3, 0.4) is 0 Å². The number of hydrogen-bond acceptors (Lipinski definition) is 5. The van der Waals surface area contributed by atoms with Crippen LogP contribution in [0.25, 0.3) is 0 Å². The van der Waals surface area contributed by atoms with Crippen LogP contribution < -0.4 is 10.1 Å². The molecule has 0 atom stereocenters. The Morgan fingerprint density at radius 1 is 1.43 bits per heavy atom. The van der Waals surface area contributed by atoms with E-state index in [1.165, 1.54) is 23.5 Å². The number of rotatable bonds is 6. The smallest absolute Gasteiger partial charge is 0.341 e. The molecule has 0 bridgehead atoms. The highest BCUT2D eigenvalue weighted by Gasteiger charge is 2.13. The summed E-state index contributed by atoms with van der Waals surface area (Å²) >= 11 is 7.44. The molecule has 2 N–H and O–H groups in total. The van der Waals surface area contributed by atoms with E-state index < -0.39 is 12.6 Å². The van der Waals surface area contributed by atoms with Gasteiger partial charge in [0.2, 0.25) is 0 Å². The minimum atomic E-state index is -1.09. The van der Waals surface area contributed by atoms with Crippen molar-refractivity contribution in [3.05, 3.63) is 39.3 Å². The SMILES string of the molecule is CC(C)c1nc(C(=O)Nc2ccc(OCC(=O)O)c(Cl)c2)cs1. The number of nitrogens with one attached hydrogen (secondary N) is 1. The number of halogens is 1. The molecule has 6 nitrogen and oxygen atoms in total. The molecule has 122 valence electrons. The average Bonchev–Trinajstić information content (AvgIpc) is 2.96. The monoisotopic (exact) mass is 354 g/mol. The van der Waals surface area contributed by atoms with E-state index in [1.807, 2.05) is 13.8 Å². The summed E-state index contributed by atoms with van der Waals surface area (Å²) < 4.78 is 5.02. The van der Waals surface area contributed by atoms with E-state index in [4.69, 9.17) is 21.4 Å². The topological polar surface area (TPSA) is 88.5 Å². The maximum Gasteiger partial charge on any atom is 0.341 e. The van der Waals surface area contributed by atoms with Gasteiger partial charge >= 0.3 is 5.97 Å². The van der Waals surface area contributed by atoms with Gasteiger partial charge in [0.05, 0.1) is 10.0 Å². The van der Waals surface area contributed by atoms with E-state index in [0.717, 1.165) is 5.01 Å². The van der Waals surface area contributed by atoms with Crippen molar-refractivity contribution in [2.45, 2.75) is 19.8 Å². The van der Waals surface area contributed by atoms with Crippen molar-refractivity contribution in [2.75, 3.05) is 11.9 Å². The van der Waals surface area contributed by atoms with Crippen molar-refractivity contribution in [2.24, 2.45) is 0 Å². The lowest BCUT2D eigenvalue weighted by Gasteiger charge is -2.08. The van der Waals surface area contributed by atoms with E-state index in [2.05, 4.69) is 10.3 Å². The third-order valence-electron chi connectivity index (χ3n) is 2.79. The van der Waals surface area contributed by atoms with Gasteiger partial charge in [0, 0.05) is 17.0 Å². The predicted molar refractivity (Wildman–Crippen MR) is 88.7 cm³/mol. The number of anilines is 1. The molecule has 0 spiro atoms. The number of aliphatic carboxylic acids is 1. The van der Waals surface area contributed by atoms with Crippen LogP contribution in [-0.2, 0) is 4.79 Å². The molecule has 0 saturated heterocycles. The number of carbonyl (C=O) groups is 2. The predicted octanol–water partition coefficient (Wildman–Crippen LogP) is 3.64. The summed E-state index contributed by atoms with van der Waals surface area (Å²) in [6, 6.07) is 4.57. The van der Waals surface area contributed by atoms with Gasteiger partial charge in [-0.25, -0.2) is 9.78 Å². The quantitative estimate of drug-likeness (QED) is 0.826. The second-order valence-electron chi connectivity index (χ2n) is 5.01. The van der Waals surface area contributed by atoms with Crippen molar-refractivity contribution in [1.82, 2.24) is 4.98 Å². The van der Waals surface area contributed by atoms with E-state index in [1.54, 1.807) is 11.4 Å². The van der Waals surface area contributed by atoms with E-state index >= 15 is 0 Å². The van der Waals surface area contributed by atoms with Gasteiger partial charge < -0.3 is 15.2 Å². The first-order chi connectivity index (χ1) is 10.9. The lowest BCUT2D eigenvalue weighted by molar-refractivity contribution is -0.139. The standard InChI is InChI=1S/C15H15ClN2O4S/c1-8(2)15-18-11(7-23-15)14(21)17-9-3-4-12(10(16)5-9)22-6-13(19)20/h3-5,7-8H,6H2,1-2H3,(H,17,21)(H,19,20). The number of carboxylic acids is 1. The average molecular weight is 355 g/mol. The Morgan fingerprint density at radius 2 is 2.17 bits per heavy atom. The van der Waals surface area contributed by atoms with Crippen LogP contribution in [0.4, 0.5) is 5.69 Å². The maximum absolute atomic E-state index is 12.1. The van der Waals surface area contributed by atoms with E-state index in [9.17, 15) is 9.59 Å². The van der Waals surface area contributed by atoms with Crippen LogP contribution in [0.5, 0.6) is 5.75 Å². The summed E-state index contributed by atoms with van der Waals surface area (Å²) in [6.07, 6.45) is 0. The van der Waals surface area contributed by atoms with Gasteiger partial charge in [0.1, 0.15) is 11.4 Å².